The van der Waals surface area contributed by atoms with E-state index in [-0.39, 0.29) is 11.3 Å². The van der Waals surface area contributed by atoms with E-state index in [1.165, 1.54) is 18.0 Å². The molecule has 0 bridgehead atoms. The molecule has 1 atom stereocenters. The number of non-ortho nitro benzene ring substituents is 2. The van der Waals surface area contributed by atoms with Gasteiger partial charge in [0.1, 0.15) is 11.8 Å². The standard InChI is InChI=1S/C28H29N5O7S/c1-2-3-13-40-25-11-9-20(10-12-25)17-29-31-28(35)26(19-41-18-21-7-5-4-6-8-21)30-27(34)22-14-23(32(36)37)16-24(15-22)33(38)39/h4-12,14-17,26H,2-3,13,18-19H2,1H3,(H,30,34)(H,31,35)/b29-17-/t26-/m0/s1. The highest BCUT2D eigenvalue weighted by Crippen LogP contribution is 2.23. The van der Waals surface area contributed by atoms with Crippen LogP contribution in [0.4, 0.5) is 11.4 Å². The zero-order valence-electron chi connectivity index (χ0n) is 22.2. The molecule has 214 valence electrons. The van der Waals surface area contributed by atoms with Crippen molar-refractivity contribution in [2.75, 3.05) is 12.4 Å². The van der Waals surface area contributed by atoms with E-state index in [0.717, 1.165) is 42.4 Å². The number of carbonyl (C=O) groups is 2. The van der Waals surface area contributed by atoms with Crippen LogP contribution in [0.5, 0.6) is 5.75 Å². The molecule has 2 N–H and O–H groups in total. The number of thioether (sulfide) groups is 1. The van der Waals surface area contributed by atoms with E-state index in [2.05, 4.69) is 22.8 Å². The second-order valence-corrected chi connectivity index (χ2v) is 9.81. The van der Waals surface area contributed by atoms with Crippen molar-refractivity contribution < 1.29 is 24.2 Å². The molecular weight excluding hydrogens is 550 g/mol. The topological polar surface area (TPSA) is 166 Å². The van der Waals surface area contributed by atoms with Crippen LogP contribution in [0.3, 0.4) is 0 Å². The Morgan fingerprint density at radius 3 is 2.27 bits per heavy atom. The molecule has 0 unspecified atom stereocenters. The van der Waals surface area contributed by atoms with E-state index in [9.17, 15) is 29.8 Å². The Balaban J connectivity index is 1.70. The second kappa shape index (κ2) is 15.7. The molecule has 41 heavy (non-hydrogen) atoms. The third-order valence-electron chi connectivity index (χ3n) is 5.64. The third kappa shape index (κ3) is 10.0. The van der Waals surface area contributed by atoms with E-state index in [1.807, 2.05) is 30.3 Å². The Morgan fingerprint density at radius 1 is 1.00 bits per heavy atom. The summed E-state index contributed by atoms with van der Waals surface area (Å²) >= 11 is 1.38. The maximum absolute atomic E-state index is 13.0. The molecule has 3 rings (SSSR count). The first-order chi connectivity index (χ1) is 19.8. The van der Waals surface area contributed by atoms with E-state index in [1.54, 1.807) is 24.3 Å². The highest BCUT2D eigenvalue weighted by Gasteiger charge is 2.25. The zero-order valence-corrected chi connectivity index (χ0v) is 23.0. The van der Waals surface area contributed by atoms with Gasteiger partial charge in [0.15, 0.2) is 0 Å². The fourth-order valence-corrected chi connectivity index (χ4v) is 4.48. The van der Waals surface area contributed by atoms with Crippen LogP contribution in [0.2, 0.25) is 0 Å². The van der Waals surface area contributed by atoms with Gasteiger partial charge in [0.05, 0.1) is 34.3 Å². The van der Waals surface area contributed by atoms with E-state index in [4.69, 9.17) is 4.74 Å². The van der Waals surface area contributed by atoms with Gasteiger partial charge < -0.3 is 10.1 Å². The lowest BCUT2D eigenvalue weighted by atomic mass is 10.1. The van der Waals surface area contributed by atoms with Crippen LogP contribution < -0.4 is 15.5 Å². The lowest BCUT2D eigenvalue weighted by Crippen LogP contribution is -2.47. The summed E-state index contributed by atoms with van der Waals surface area (Å²) in [4.78, 5) is 46.8. The predicted octanol–water partition coefficient (Wildman–Crippen LogP) is 4.86. The van der Waals surface area contributed by atoms with Crippen LogP contribution >= 0.6 is 11.8 Å². The largest absolute Gasteiger partial charge is 0.494 e. The van der Waals surface area contributed by atoms with Crippen molar-refractivity contribution in [3.05, 3.63) is 110 Å². The summed E-state index contributed by atoms with van der Waals surface area (Å²) in [6.45, 7) is 2.70. The summed E-state index contributed by atoms with van der Waals surface area (Å²) in [6.07, 6.45) is 3.42. The first-order valence-corrected chi connectivity index (χ1v) is 13.8. The normalized spacial score (nSPS) is 11.5. The Hall–Kier alpha value is -4.78. The van der Waals surface area contributed by atoms with Crippen molar-refractivity contribution in [1.29, 1.82) is 0 Å². The monoisotopic (exact) mass is 579 g/mol. The van der Waals surface area contributed by atoms with Gasteiger partial charge in [0, 0.05) is 23.6 Å². The molecule has 0 aliphatic carbocycles. The number of hydrogen-bond donors (Lipinski definition) is 2. The van der Waals surface area contributed by atoms with Crippen molar-refractivity contribution in [3.63, 3.8) is 0 Å². The minimum Gasteiger partial charge on any atom is -0.494 e. The number of nitro groups is 2. The molecule has 3 aromatic rings. The van der Waals surface area contributed by atoms with Gasteiger partial charge in [-0.2, -0.15) is 16.9 Å². The first kappa shape index (κ1) is 30.8. The lowest BCUT2D eigenvalue weighted by Gasteiger charge is -2.17. The molecule has 0 aliphatic heterocycles. The number of carbonyl (C=O) groups excluding carboxylic acids is 2. The number of ether oxygens (including phenoxy) is 1. The first-order valence-electron chi connectivity index (χ1n) is 12.7. The zero-order chi connectivity index (χ0) is 29.6. The van der Waals surface area contributed by atoms with Crippen molar-refractivity contribution >= 4 is 41.2 Å². The molecule has 0 fully saturated rings. The van der Waals surface area contributed by atoms with Gasteiger partial charge in [-0.15, -0.1) is 0 Å². The minimum atomic E-state index is -1.10. The molecule has 12 nitrogen and oxygen atoms in total. The smallest absolute Gasteiger partial charge is 0.277 e. The Bertz CT molecular complexity index is 1350. The lowest BCUT2D eigenvalue weighted by molar-refractivity contribution is -0.394. The summed E-state index contributed by atoms with van der Waals surface area (Å²) in [5, 5.41) is 29.0. The van der Waals surface area contributed by atoms with Crippen molar-refractivity contribution in [3.8, 4) is 5.75 Å². The number of benzene rings is 3. The fourth-order valence-electron chi connectivity index (χ4n) is 3.46. The summed E-state index contributed by atoms with van der Waals surface area (Å²) in [7, 11) is 0. The maximum Gasteiger partial charge on any atom is 0.277 e. The summed E-state index contributed by atoms with van der Waals surface area (Å²) in [5.41, 5.74) is 2.57. The number of nitrogens with zero attached hydrogens (tertiary/aromatic N) is 3. The van der Waals surface area contributed by atoms with Gasteiger partial charge in [0.2, 0.25) is 0 Å². The molecule has 3 aromatic carbocycles. The number of nitro benzene ring substituents is 2. The average Bonchev–Trinajstić information content (AvgIpc) is 2.97. The van der Waals surface area contributed by atoms with Gasteiger partial charge in [-0.1, -0.05) is 43.7 Å². The van der Waals surface area contributed by atoms with Gasteiger partial charge in [0.25, 0.3) is 23.2 Å². The third-order valence-corrected chi connectivity index (χ3v) is 6.75. The molecular formula is C28H29N5O7S. The number of hydrogen-bond acceptors (Lipinski definition) is 9. The van der Waals surface area contributed by atoms with Gasteiger partial charge >= 0.3 is 0 Å². The molecule has 0 aliphatic rings. The van der Waals surface area contributed by atoms with E-state index in [0.29, 0.717) is 17.9 Å². The molecule has 13 heteroatoms. The second-order valence-electron chi connectivity index (χ2n) is 8.78. The molecule has 2 amide bonds. The number of rotatable bonds is 15. The van der Waals surface area contributed by atoms with Crippen molar-refractivity contribution in [2.45, 2.75) is 31.6 Å². The number of hydrazone groups is 1. The van der Waals surface area contributed by atoms with Crippen LogP contribution in [-0.2, 0) is 10.5 Å². The highest BCUT2D eigenvalue weighted by atomic mass is 32.2. The maximum atomic E-state index is 13.0. The van der Waals surface area contributed by atoms with Gasteiger partial charge in [-0.05, 0) is 41.8 Å². The van der Waals surface area contributed by atoms with Crippen molar-refractivity contribution in [1.82, 2.24) is 10.7 Å². The average molecular weight is 580 g/mol. The molecule has 0 saturated carbocycles. The molecule has 0 saturated heterocycles. The van der Waals surface area contributed by atoms with Crippen LogP contribution in [0, 0.1) is 20.2 Å². The predicted molar refractivity (Wildman–Crippen MR) is 156 cm³/mol. The summed E-state index contributed by atoms with van der Waals surface area (Å²) in [6, 6.07) is 18.1. The fraction of sp³-hybridized carbons (Fsp3) is 0.250. The summed E-state index contributed by atoms with van der Waals surface area (Å²) < 4.78 is 5.63. The molecule has 0 radical (unpaired) electrons. The van der Waals surface area contributed by atoms with Crippen molar-refractivity contribution in [2.24, 2.45) is 5.10 Å². The molecule has 0 spiro atoms. The number of unbranched alkanes of at least 4 members (excludes halogenated alkanes) is 1. The Morgan fingerprint density at radius 2 is 1.66 bits per heavy atom. The SMILES string of the molecule is CCCCOc1ccc(/C=N\NC(=O)[C@H](CSCc2ccccc2)NC(=O)c2cc([N+](=O)[O-])cc([N+](=O)[O-])c2)cc1. The highest BCUT2D eigenvalue weighted by molar-refractivity contribution is 7.98. The molecule has 0 aromatic heterocycles. The van der Waals surface area contributed by atoms with Crippen LogP contribution in [0.25, 0.3) is 0 Å². The molecule has 0 heterocycles. The Kier molecular flexibility index (Phi) is 11.8. The number of nitrogens with one attached hydrogen (secondary N) is 2. The Labute approximate surface area is 240 Å². The van der Waals surface area contributed by atoms with Gasteiger partial charge in [-0.3, -0.25) is 29.8 Å². The van der Waals surface area contributed by atoms with Crippen LogP contribution in [0.1, 0.15) is 41.3 Å². The number of amides is 2. The minimum absolute atomic E-state index is 0.142. The summed E-state index contributed by atoms with van der Waals surface area (Å²) in [5.74, 6) is -0.0876. The van der Waals surface area contributed by atoms with Crippen LogP contribution in [0.15, 0.2) is 77.9 Å². The van der Waals surface area contributed by atoms with Gasteiger partial charge in [-0.25, -0.2) is 5.43 Å². The van der Waals surface area contributed by atoms with Crippen LogP contribution in [-0.4, -0.2) is 46.3 Å². The van der Waals surface area contributed by atoms with E-state index < -0.39 is 39.1 Å². The quantitative estimate of drug-likeness (QED) is 0.111. The van der Waals surface area contributed by atoms with E-state index >= 15 is 0 Å².